The van der Waals surface area contributed by atoms with Crippen LogP contribution in [0.1, 0.15) is 40.2 Å². The Morgan fingerprint density at radius 3 is 2.53 bits per heavy atom. The van der Waals surface area contributed by atoms with Gasteiger partial charge in [-0.3, -0.25) is 19.9 Å². The van der Waals surface area contributed by atoms with Crippen LogP contribution in [0, 0.1) is 0 Å². The number of hydrogen-bond acceptors (Lipinski definition) is 5. The van der Waals surface area contributed by atoms with Crippen LogP contribution in [0.5, 0.6) is 0 Å². The van der Waals surface area contributed by atoms with Crippen molar-refractivity contribution in [2.75, 3.05) is 24.5 Å². The molecule has 2 atom stereocenters. The molecular formula is C24H31Cl2N5O3. The van der Waals surface area contributed by atoms with Gasteiger partial charge in [0.1, 0.15) is 5.54 Å². The third-order valence-corrected chi connectivity index (χ3v) is 6.76. The molecule has 0 bridgehead atoms. The number of hydrogen-bond donors (Lipinski definition) is 2. The maximum absolute atomic E-state index is 13.0. The maximum atomic E-state index is 13.0. The van der Waals surface area contributed by atoms with Crippen LogP contribution < -0.4 is 15.5 Å². The second-order valence-corrected chi connectivity index (χ2v) is 8.85. The number of urea groups is 1. The number of pyridine rings is 1. The van der Waals surface area contributed by atoms with Crippen molar-refractivity contribution in [2.24, 2.45) is 0 Å². The van der Waals surface area contributed by atoms with Crippen molar-refractivity contribution < 1.29 is 14.4 Å². The number of nitrogens with one attached hydrogen (secondary N) is 2. The van der Waals surface area contributed by atoms with E-state index in [1.807, 2.05) is 19.1 Å². The standard InChI is InChI=1S/C22H23Cl2N5O3.2CH4/c1-14-13-28(9-10-29(14)16-4-5-17(23)18(24)11-16)19(30)6-7-22(15-3-2-8-25-12-15)20(31)26-21(32)27-22;;/h2-5,8,11-12,14H,6-7,9-10,13H2,1H3,(H2,26,27,31,32);2*1H4/t14-,22?;;/m0../s1. The zero-order valence-electron chi connectivity index (χ0n) is 17.5. The van der Waals surface area contributed by atoms with Gasteiger partial charge >= 0.3 is 6.03 Å². The number of carbonyl (C=O) groups excluding carboxylic acids is 3. The molecule has 2 aromatic rings. The number of anilines is 1. The SMILES string of the molecule is C.C.C[C@H]1CN(C(=O)CCC2(c3cccnc3)NC(=O)NC2=O)CCN1c1ccc(Cl)c(Cl)c1. The van der Waals surface area contributed by atoms with Gasteiger partial charge in [0.25, 0.3) is 5.91 Å². The summed E-state index contributed by atoms with van der Waals surface area (Å²) in [6, 6.07) is 8.43. The normalized spacial score (nSPS) is 21.8. The second kappa shape index (κ2) is 11.1. The van der Waals surface area contributed by atoms with Gasteiger partial charge in [-0.15, -0.1) is 0 Å². The van der Waals surface area contributed by atoms with Crippen molar-refractivity contribution in [3.8, 4) is 0 Å². The summed E-state index contributed by atoms with van der Waals surface area (Å²) in [5.74, 6) is -0.538. The van der Waals surface area contributed by atoms with Gasteiger partial charge in [-0.05, 0) is 37.6 Å². The van der Waals surface area contributed by atoms with Gasteiger partial charge in [0.15, 0.2) is 0 Å². The largest absolute Gasteiger partial charge is 0.365 e. The minimum atomic E-state index is -1.30. The summed E-state index contributed by atoms with van der Waals surface area (Å²) in [5.41, 5.74) is 0.211. The van der Waals surface area contributed by atoms with E-state index in [2.05, 4.69) is 20.5 Å². The Bertz CT molecular complexity index is 1050. The van der Waals surface area contributed by atoms with Crippen LogP contribution in [-0.4, -0.2) is 53.4 Å². The summed E-state index contributed by atoms with van der Waals surface area (Å²) in [5, 5.41) is 5.97. The molecule has 2 saturated heterocycles. The van der Waals surface area contributed by atoms with Crippen LogP contribution in [0.15, 0.2) is 42.7 Å². The van der Waals surface area contributed by atoms with Crippen molar-refractivity contribution in [3.63, 3.8) is 0 Å². The summed E-state index contributed by atoms with van der Waals surface area (Å²) < 4.78 is 0. The first-order valence-corrected chi connectivity index (χ1v) is 11.1. The molecule has 2 fully saturated rings. The molecule has 34 heavy (non-hydrogen) atoms. The van der Waals surface area contributed by atoms with E-state index in [0.717, 1.165) is 5.69 Å². The Kier molecular flexibility index (Phi) is 8.91. The van der Waals surface area contributed by atoms with Gasteiger partial charge < -0.3 is 15.1 Å². The number of amides is 4. The van der Waals surface area contributed by atoms with E-state index in [-0.39, 0.29) is 39.6 Å². The van der Waals surface area contributed by atoms with Gasteiger partial charge in [-0.25, -0.2) is 4.79 Å². The highest BCUT2D eigenvalue weighted by Crippen LogP contribution is 2.31. The second-order valence-electron chi connectivity index (χ2n) is 8.04. The molecule has 1 aromatic carbocycles. The third kappa shape index (κ3) is 5.28. The number of halogens is 2. The Labute approximate surface area is 210 Å². The van der Waals surface area contributed by atoms with Gasteiger partial charge in [0, 0.05) is 55.7 Å². The van der Waals surface area contributed by atoms with Gasteiger partial charge in [-0.2, -0.15) is 0 Å². The van der Waals surface area contributed by atoms with Crippen molar-refractivity contribution in [3.05, 3.63) is 58.3 Å². The minimum absolute atomic E-state index is 0. The summed E-state index contributed by atoms with van der Waals surface area (Å²) in [6.07, 6.45) is 3.39. The summed E-state index contributed by atoms with van der Waals surface area (Å²) in [7, 11) is 0. The minimum Gasteiger partial charge on any atom is -0.365 e. The first-order chi connectivity index (χ1) is 15.3. The Morgan fingerprint density at radius 1 is 1.18 bits per heavy atom. The van der Waals surface area contributed by atoms with Gasteiger partial charge in [-0.1, -0.05) is 44.1 Å². The number of nitrogens with zero attached hydrogens (tertiary/aromatic N) is 3. The number of carbonyl (C=O) groups is 3. The molecule has 0 saturated carbocycles. The number of aromatic nitrogens is 1. The topological polar surface area (TPSA) is 94.6 Å². The van der Waals surface area contributed by atoms with E-state index in [4.69, 9.17) is 23.2 Å². The van der Waals surface area contributed by atoms with E-state index >= 15 is 0 Å². The summed E-state index contributed by atoms with van der Waals surface area (Å²) >= 11 is 12.2. The van der Waals surface area contributed by atoms with E-state index < -0.39 is 17.5 Å². The number of benzene rings is 1. The number of imide groups is 1. The predicted molar refractivity (Wildman–Crippen MR) is 135 cm³/mol. The molecule has 0 aliphatic carbocycles. The molecule has 184 valence electrons. The van der Waals surface area contributed by atoms with Crippen molar-refractivity contribution in [1.29, 1.82) is 0 Å². The molecule has 3 heterocycles. The Morgan fingerprint density at radius 2 is 1.94 bits per heavy atom. The quantitative estimate of drug-likeness (QED) is 0.590. The Balaban J connectivity index is 0.00000204. The molecule has 10 heteroatoms. The molecule has 1 unspecified atom stereocenters. The molecule has 2 aliphatic rings. The molecule has 4 amide bonds. The van der Waals surface area contributed by atoms with Gasteiger partial charge in [0.05, 0.1) is 10.0 Å². The van der Waals surface area contributed by atoms with E-state index in [0.29, 0.717) is 35.2 Å². The zero-order valence-corrected chi connectivity index (χ0v) is 19.0. The lowest BCUT2D eigenvalue weighted by molar-refractivity contribution is -0.133. The van der Waals surface area contributed by atoms with E-state index in [9.17, 15) is 14.4 Å². The predicted octanol–water partition coefficient (Wildman–Crippen LogP) is 4.21. The summed E-state index contributed by atoms with van der Waals surface area (Å²) in [6.45, 7) is 3.78. The lowest BCUT2D eigenvalue weighted by Gasteiger charge is -2.41. The van der Waals surface area contributed by atoms with Crippen LogP contribution >= 0.6 is 23.2 Å². The lowest BCUT2D eigenvalue weighted by atomic mass is 9.86. The summed E-state index contributed by atoms with van der Waals surface area (Å²) in [4.78, 5) is 45.5. The van der Waals surface area contributed by atoms with Crippen LogP contribution in [0.2, 0.25) is 10.0 Å². The van der Waals surface area contributed by atoms with Crippen molar-refractivity contribution >= 4 is 46.7 Å². The first-order valence-electron chi connectivity index (χ1n) is 10.3. The molecular weight excluding hydrogens is 477 g/mol. The third-order valence-electron chi connectivity index (χ3n) is 6.02. The van der Waals surface area contributed by atoms with Crippen LogP contribution in [-0.2, 0) is 15.1 Å². The monoisotopic (exact) mass is 507 g/mol. The molecule has 4 rings (SSSR count). The van der Waals surface area contributed by atoms with Crippen molar-refractivity contribution in [2.45, 2.75) is 46.2 Å². The fraction of sp³-hybridized carbons (Fsp3) is 0.417. The van der Waals surface area contributed by atoms with Crippen LogP contribution in [0.4, 0.5) is 10.5 Å². The molecule has 0 radical (unpaired) electrons. The lowest BCUT2D eigenvalue weighted by Crippen LogP contribution is -2.54. The van der Waals surface area contributed by atoms with E-state index in [1.165, 1.54) is 6.20 Å². The fourth-order valence-electron chi connectivity index (χ4n) is 4.31. The molecule has 2 N–H and O–H groups in total. The number of rotatable bonds is 5. The molecule has 8 nitrogen and oxygen atoms in total. The smallest absolute Gasteiger partial charge is 0.322 e. The number of piperazine rings is 1. The zero-order chi connectivity index (χ0) is 22.9. The van der Waals surface area contributed by atoms with E-state index in [1.54, 1.807) is 29.3 Å². The molecule has 1 aromatic heterocycles. The first kappa shape index (κ1) is 27.4. The maximum Gasteiger partial charge on any atom is 0.322 e. The van der Waals surface area contributed by atoms with Gasteiger partial charge in [0.2, 0.25) is 5.91 Å². The average molecular weight is 508 g/mol. The van der Waals surface area contributed by atoms with Crippen LogP contribution in [0.3, 0.4) is 0 Å². The molecule has 2 aliphatic heterocycles. The highest BCUT2D eigenvalue weighted by Gasteiger charge is 2.48. The Hall–Kier alpha value is -2.84. The average Bonchev–Trinajstić information content (AvgIpc) is 3.08. The highest BCUT2D eigenvalue weighted by molar-refractivity contribution is 6.42. The highest BCUT2D eigenvalue weighted by atomic mass is 35.5. The van der Waals surface area contributed by atoms with Crippen molar-refractivity contribution in [1.82, 2.24) is 20.5 Å². The van der Waals surface area contributed by atoms with Crippen LogP contribution in [0.25, 0.3) is 0 Å². The fourth-order valence-corrected chi connectivity index (χ4v) is 4.61. The molecule has 0 spiro atoms.